The van der Waals surface area contributed by atoms with Crippen LogP contribution >= 0.6 is 0 Å². The van der Waals surface area contributed by atoms with Crippen molar-refractivity contribution in [3.8, 4) is 0 Å². The van der Waals surface area contributed by atoms with Gasteiger partial charge in [-0.3, -0.25) is 0 Å². The monoisotopic (exact) mass is 170 g/mol. The fourth-order valence-electron chi connectivity index (χ4n) is 1.25. The van der Waals surface area contributed by atoms with Crippen molar-refractivity contribution in [3.05, 3.63) is 11.8 Å². The van der Waals surface area contributed by atoms with Crippen molar-refractivity contribution >= 4 is 0 Å². The van der Waals surface area contributed by atoms with Crippen LogP contribution in [0.3, 0.4) is 0 Å². The van der Waals surface area contributed by atoms with E-state index >= 15 is 0 Å². The van der Waals surface area contributed by atoms with Gasteiger partial charge in [0.25, 0.3) is 0 Å². The first-order chi connectivity index (χ1) is 5.51. The number of nitrogens with zero attached hydrogens (tertiary/aromatic N) is 1. The van der Waals surface area contributed by atoms with Crippen LogP contribution in [0.4, 0.5) is 0 Å². The van der Waals surface area contributed by atoms with Crippen molar-refractivity contribution in [1.82, 2.24) is 10.4 Å². The van der Waals surface area contributed by atoms with Crippen molar-refractivity contribution in [2.24, 2.45) is 0 Å². The summed E-state index contributed by atoms with van der Waals surface area (Å²) in [6.45, 7) is 7.32. The summed E-state index contributed by atoms with van der Waals surface area (Å²) in [5.41, 5.74) is 3.95. The molecule has 0 atom stereocenters. The molecule has 0 saturated carbocycles. The molecule has 0 fully saturated rings. The summed E-state index contributed by atoms with van der Waals surface area (Å²) in [6.07, 6.45) is 3.16. The molecule has 0 aromatic heterocycles. The van der Waals surface area contributed by atoms with E-state index in [-0.39, 0.29) is 0 Å². The van der Waals surface area contributed by atoms with Crippen LogP contribution in [0.2, 0.25) is 0 Å². The Kier molecular flexibility index (Phi) is 2.75. The van der Waals surface area contributed by atoms with Crippen LogP contribution in [0.1, 0.15) is 27.2 Å². The number of hydrogen-bond donors (Lipinski definition) is 2. The van der Waals surface area contributed by atoms with Crippen LogP contribution in [0, 0.1) is 0 Å². The number of β-amino-alcohol motifs (C(OH)–C–C–N with tert-alkyl or cyclic N) is 1. The second-order valence-corrected chi connectivity index (χ2v) is 3.92. The SMILES string of the molecule is CCC1=CN(CC(C)(C)O)NC1. The second kappa shape index (κ2) is 3.46. The molecular weight excluding hydrogens is 152 g/mol. The minimum atomic E-state index is -0.632. The average Bonchev–Trinajstić information content (AvgIpc) is 2.32. The first kappa shape index (κ1) is 9.55. The van der Waals surface area contributed by atoms with Gasteiger partial charge < -0.3 is 10.1 Å². The van der Waals surface area contributed by atoms with Gasteiger partial charge in [-0.1, -0.05) is 6.92 Å². The smallest absolute Gasteiger partial charge is 0.0781 e. The fraction of sp³-hybridized carbons (Fsp3) is 0.778. The highest BCUT2D eigenvalue weighted by atomic mass is 16.3. The Hall–Kier alpha value is -0.540. The molecule has 0 amide bonds. The maximum absolute atomic E-state index is 9.53. The minimum Gasteiger partial charge on any atom is -0.389 e. The Labute approximate surface area is 74.0 Å². The Morgan fingerprint density at radius 1 is 1.67 bits per heavy atom. The van der Waals surface area contributed by atoms with Crippen LogP contribution in [0.15, 0.2) is 11.8 Å². The molecule has 0 aliphatic carbocycles. The van der Waals surface area contributed by atoms with E-state index in [0.29, 0.717) is 6.54 Å². The third kappa shape index (κ3) is 2.83. The van der Waals surface area contributed by atoms with Gasteiger partial charge in [-0.2, -0.15) is 0 Å². The van der Waals surface area contributed by atoms with Crippen molar-refractivity contribution in [3.63, 3.8) is 0 Å². The van der Waals surface area contributed by atoms with E-state index in [9.17, 15) is 5.11 Å². The summed E-state index contributed by atoms with van der Waals surface area (Å²) in [7, 11) is 0. The summed E-state index contributed by atoms with van der Waals surface area (Å²) in [6, 6.07) is 0. The summed E-state index contributed by atoms with van der Waals surface area (Å²) in [5.74, 6) is 0. The number of hydrazine groups is 1. The maximum Gasteiger partial charge on any atom is 0.0781 e. The molecule has 3 heteroatoms. The third-order valence-corrected chi connectivity index (χ3v) is 1.86. The molecule has 0 saturated heterocycles. The van der Waals surface area contributed by atoms with Crippen molar-refractivity contribution in [2.45, 2.75) is 32.8 Å². The zero-order valence-electron chi connectivity index (χ0n) is 8.09. The van der Waals surface area contributed by atoms with E-state index in [1.165, 1.54) is 5.57 Å². The lowest BCUT2D eigenvalue weighted by Crippen LogP contribution is -2.40. The van der Waals surface area contributed by atoms with Gasteiger partial charge >= 0.3 is 0 Å². The highest BCUT2D eigenvalue weighted by molar-refractivity contribution is 5.07. The van der Waals surface area contributed by atoms with Gasteiger partial charge in [0.2, 0.25) is 0 Å². The van der Waals surface area contributed by atoms with Crippen molar-refractivity contribution in [2.75, 3.05) is 13.1 Å². The van der Waals surface area contributed by atoms with Gasteiger partial charge in [-0.15, -0.1) is 0 Å². The Balaban J connectivity index is 2.42. The van der Waals surface area contributed by atoms with Gasteiger partial charge in [0.05, 0.1) is 12.1 Å². The third-order valence-electron chi connectivity index (χ3n) is 1.86. The molecule has 0 aromatic carbocycles. The number of rotatable bonds is 3. The first-order valence-corrected chi connectivity index (χ1v) is 4.43. The minimum absolute atomic E-state index is 0.632. The van der Waals surface area contributed by atoms with E-state index in [1.807, 2.05) is 18.9 Å². The summed E-state index contributed by atoms with van der Waals surface area (Å²) in [4.78, 5) is 0. The molecule has 2 N–H and O–H groups in total. The van der Waals surface area contributed by atoms with Crippen LogP contribution in [0.25, 0.3) is 0 Å². The fourth-order valence-corrected chi connectivity index (χ4v) is 1.25. The molecule has 12 heavy (non-hydrogen) atoms. The van der Waals surface area contributed by atoms with Gasteiger partial charge in [0.15, 0.2) is 0 Å². The lowest BCUT2D eigenvalue weighted by Gasteiger charge is -2.24. The van der Waals surface area contributed by atoms with Gasteiger partial charge in [-0.05, 0) is 25.8 Å². The van der Waals surface area contributed by atoms with Crippen molar-refractivity contribution in [1.29, 1.82) is 0 Å². The largest absolute Gasteiger partial charge is 0.389 e. The average molecular weight is 170 g/mol. The molecule has 1 aliphatic rings. The number of hydrogen-bond acceptors (Lipinski definition) is 3. The Morgan fingerprint density at radius 3 is 2.75 bits per heavy atom. The Bertz CT molecular complexity index is 181. The predicted molar refractivity (Wildman–Crippen MR) is 49.4 cm³/mol. The lowest BCUT2D eigenvalue weighted by molar-refractivity contribution is 0.0410. The molecule has 0 bridgehead atoms. The summed E-state index contributed by atoms with van der Waals surface area (Å²) < 4.78 is 0. The molecule has 3 nitrogen and oxygen atoms in total. The summed E-state index contributed by atoms with van der Waals surface area (Å²) >= 11 is 0. The van der Waals surface area contributed by atoms with E-state index in [4.69, 9.17) is 0 Å². The standard InChI is InChI=1S/C9H18N2O/c1-4-8-5-10-11(6-8)7-9(2,3)12/h6,10,12H,4-5,7H2,1-3H3. The number of aliphatic hydroxyl groups is 1. The van der Waals surface area contributed by atoms with E-state index in [0.717, 1.165) is 13.0 Å². The van der Waals surface area contributed by atoms with E-state index in [2.05, 4.69) is 18.5 Å². The van der Waals surface area contributed by atoms with Gasteiger partial charge in [0.1, 0.15) is 0 Å². The van der Waals surface area contributed by atoms with Crippen molar-refractivity contribution < 1.29 is 5.11 Å². The van der Waals surface area contributed by atoms with E-state index < -0.39 is 5.60 Å². The lowest BCUT2D eigenvalue weighted by atomic mass is 10.1. The molecule has 0 aromatic rings. The van der Waals surface area contributed by atoms with Gasteiger partial charge in [-0.25, -0.2) is 5.43 Å². The quantitative estimate of drug-likeness (QED) is 0.659. The second-order valence-electron chi connectivity index (χ2n) is 3.92. The zero-order valence-corrected chi connectivity index (χ0v) is 8.09. The van der Waals surface area contributed by atoms with Crippen LogP contribution in [0.5, 0.6) is 0 Å². The number of nitrogens with one attached hydrogen (secondary N) is 1. The molecule has 0 radical (unpaired) electrons. The van der Waals surface area contributed by atoms with Crippen LogP contribution in [-0.2, 0) is 0 Å². The van der Waals surface area contributed by atoms with E-state index in [1.54, 1.807) is 0 Å². The topological polar surface area (TPSA) is 35.5 Å². The van der Waals surface area contributed by atoms with Crippen LogP contribution < -0.4 is 5.43 Å². The molecule has 1 aliphatic heterocycles. The molecular formula is C9H18N2O. The highest BCUT2D eigenvalue weighted by Crippen LogP contribution is 2.11. The first-order valence-electron chi connectivity index (χ1n) is 4.43. The predicted octanol–water partition coefficient (Wildman–Crippen LogP) is 0.871. The normalized spacial score (nSPS) is 18.3. The maximum atomic E-state index is 9.53. The Morgan fingerprint density at radius 2 is 2.33 bits per heavy atom. The molecule has 1 rings (SSSR count). The molecule has 0 unspecified atom stereocenters. The van der Waals surface area contributed by atoms with Gasteiger partial charge in [0, 0.05) is 12.7 Å². The van der Waals surface area contributed by atoms with Crippen LogP contribution in [-0.4, -0.2) is 28.8 Å². The highest BCUT2D eigenvalue weighted by Gasteiger charge is 2.19. The molecule has 0 spiro atoms. The molecule has 70 valence electrons. The zero-order chi connectivity index (χ0) is 9.19. The molecule has 1 heterocycles. The summed E-state index contributed by atoms with van der Waals surface area (Å²) in [5, 5.41) is 11.5.